The van der Waals surface area contributed by atoms with Crippen LogP contribution in [0, 0.1) is 0 Å². The Morgan fingerprint density at radius 1 is 1.19 bits per heavy atom. The predicted molar refractivity (Wildman–Crippen MR) is 77.4 cm³/mol. The highest BCUT2D eigenvalue weighted by atomic mass is 32.1. The van der Waals surface area contributed by atoms with Crippen molar-refractivity contribution in [1.29, 1.82) is 0 Å². The summed E-state index contributed by atoms with van der Waals surface area (Å²) in [7, 11) is 0. The molecule has 1 atom stereocenters. The molecule has 0 bridgehead atoms. The van der Waals surface area contributed by atoms with Crippen molar-refractivity contribution in [2.45, 2.75) is 32.3 Å². The van der Waals surface area contributed by atoms with Crippen molar-refractivity contribution in [2.75, 3.05) is 0 Å². The summed E-state index contributed by atoms with van der Waals surface area (Å²) in [6, 6.07) is 10.4. The molecule has 1 N–H and O–H groups in total. The van der Waals surface area contributed by atoms with Crippen LogP contribution < -0.4 is 10.1 Å². The summed E-state index contributed by atoms with van der Waals surface area (Å²) in [5.74, 6) is -0.152. The van der Waals surface area contributed by atoms with Crippen LogP contribution in [0.25, 0.3) is 0 Å². The van der Waals surface area contributed by atoms with Gasteiger partial charge in [-0.1, -0.05) is 24.3 Å². The number of alkyl halides is 3. The fourth-order valence-corrected chi connectivity index (χ4v) is 2.80. The molecule has 0 spiro atoms. The monoisotopic (exact) mass is 315 g/mol. The number of benzene rings is 1. The molecule has 0 fully saturated rings. The lowest BCUT2D eigenvalue weighted by Crippen LogP contribution is -2.28. The average Bonchev–Trinajstić information content (AvgIpc) is 2.89. The van der Waals surface area contributed by atoms with E-state index in [1.165, 1.54) is 17.0 Å². The zero-order chi connectivity index (χ0) is 15.3. The Morgan fingerprint density at radius 2 is 1.95 bits per heavy atom. The van der Waals surface area contributed by atoms with Crippen LogP contribution in [0.2, 0.25) is 0 Å². The van der Waals surface area contributed by atoms with E-state index in [2.05, 4.69) is 10.1 Å². The number of rotatable bonds is 6. The number of hydrogen-bond acceptors (Lipinski definition) is 3. The van der Waals surface area contributed by atoms with Crippen molar-refractivity contribution in [3.05, 3.63) is 52.2 Å². The molecule has 2 rings (SSSR count). The van der Waals surface area contributed by atoms with Gasteiger partial charge in [0.25, 0.3) is 0 Å². The lowest BCUT2D eigenvalue weighted by atomic mass is 10.1. The van der Waals surface area contributed by atoms with Crippen molar-refractivity contribution in [3.63, 3.8) is 0 Å². The van der Waals surface area contributed by atoms with Gasteiger partial charge in [-0.25, -0.2) is 0 Å². The molecule has 0 saturated carbocycles. The molecule has 2 nitrogen and oxygen atoms in total. The SMILES string of the molecule is CC(Cc1cccs1)NCc1ccccc1OC(F)(F)F. The summed E-state index contributed by atoms with van der Waals surface area (Å²) < 4.78 is 41.0. The van der Waals surface area contributed by atoms with Crippen LogP contribution in [-0.4, -0.2) is 12.4 Å². The molecule has 0 radical (unpaired) electrons. The van der Waals surface area contributed by atoms with Gasteiger partial charge in [0.2, 0.25) is 0 Å². The molecule has 1 unspecified atom stereocenters. The predicted octanol–water partition coefficient (Wildman–Crippen LogP) is 4.37. The maximum atomic E-state index is 12.3. The minimum atomic E-state index is -4.67. The quantitative estimate of drug-likeness (QED) is 0.855. The Balaban J connectivity index is 1.93. The molecule has 6 heteroatoms. The maximum absolute atomic E-state index is 12.3. The highest BCUT2D eigenvalue weighted by molar-refractivity contribution is 7.09. The van der Waals surface area contributed by atoms with Crippen LogP contribution in [-0.2, 0) is 13.0 Å². The summed E-state index contributed by atoms with van der Waals surface area (Å²) >= 11 is 1.67. The first kappa shape index (κ1) is 15.9. The van der Waals surface area contributed by atoms with Gasteiger partial charge in [0.05, 0.1) is 0 Å². The second kappa shape index (κ2) is 6.95. The molecular formula is C15H16F3NOS. The lowest BCUT2D eigenvalue weighted by Gasteiger charge is -2.16. The van der Waals surface area contributed by atoms with E-state index in [1.54, 1.807) is 23.5 Å². The summed E-state index contributed by atoms with van der Waals surface area (Å²) in [4.78, 5) is 1.25. The van der Waals surface area contributed by atoms with Crippen molar-refractivity contribution < 1.29 is 17.9 Å². The van der Waals surface area contributed by atoms with Crippen LogP contribution in [0.15, 0.2) is 41.8 Å². The van der Waals surface area contributed by atoms with E-state index in [9.17, 15) is 13.2 Å². The summed E-state index contributed by atoms with van der Waals surface area (Å²) in [5.41, 5.74) is 0.493. The molecule has 114 valence electrons. The molecule has 0 amide bonds. The Kier molecular flexibility index (Phi) is 5.25. The van der Waals surface area contributed by atoms with Crippen LogP contribution in [0.1, 0.15) is 17.4 Å². The van der Waals surface area contributed by atoms with Crippen LogP contribution in [0.5, 0.6) is 5.75 Å². The zero-order valence-electron chi connectivity index (χ0n) is 11.5. The van der Waals surface area contributed by atoms with Gasteiger partial charge in [-0.3, -0.25) is 0 Å². The van der Waals surface area contributed by atoms with E-state index in [0.717, 1.165) is 6.42 Å². The standard InChI is InChI=1S/C15H16F3NOS/c1-11(9-13-6-4-8-21-13)19-10-12-5-2-3-7-14(12)20-15(16,17)18/h2-8,11,19H,9-10H2,1H3. The molecule has 1 heterocycles. The molecule has 0 saturated heterocycles. The summed E-state index contributed by atoms with van der Waals surface area (Å²) in [5, 5.41) is 5.23. The molecular weight excluding hydrogens is 299 g/mol. The smallest absolute Gasteiger partial charge is 0.405 e. The molecule has 1 aromatic carbocycles. The van der Waals surface area contributed by atoms with Gasteiger partial charge in [0, 0.05) is 23.0 Å². The highest BCUT2D eigenvalue weighted by Gasteiger charge is 2.31. The van der Waals surface area contributed by atoms with Crippen molar-refractivity contribution in [1.82, 2.24) is 5.32 Å². The van der Waals surface area contributed by atoms with Gasteiger partial charge in [-0.2, -0.15) is 0 Å². The first-order chi connectivity index (χ1) is 9.94. The highest BCUT2D eigenvalue weighted by Crippen LogP contribution is 2.26. The Hall–Kier alpha value is -1.53. The molecule has 21 heavy (non-hydrogen) atoms. The first-order valence-electron chi connectivity index (χ1n) is 6.53. The van der Waals surface area contributed by atoms with Crippen LogP contribution in [0.3, 0.4) is 0 Å². The second-order valence-electron chi connectivity index (χ2n) is 4.72. The molecule has 1 aromatic heterocycles. The molecule has 0 aliphatic rings. The third-order valence-corrected chi connectivity index (χ3v) is 3.83. The van der Waals surface area contributed by atoms with Gasteiger partial charge in [0.15, 0.2) is 0 Å². The fourth-order valence-electron chi connectivity index (χ4n) is 1.96. The van der Waals surface area contributed by atoms with E-state index in [0.29, 0.717) is 12.1 Å². The van der Waals surface area contributed by atoms with E-state index in [-0.39, 0.29) is 11.8 Å². The number of ether oxygens (including phenoxy) is 1. The number of thiophene rings is 1. The minimum Gasteiger partial charge on any atom is -0.405 e. The largest absolute Gasteiger partial charge is 0.573 e. The number of halogens is 3. The fraction of sp³-hybridized carbons (Fsp3) is 0.333. The van der Waals surface area contributed by atoms with Gasteiger partial charge >= 0.3 is 6.36 Å². The Labute approximate surface area is 125 Å². The van der Waals surface area contributed by atoms with Crippen molar-refractivity contribution in [3.8, 4) is 5.75 Å². The molecule has 2 aromatic rings. The van der Waals surface area contributed by atoms with Crippen molar-refractivity contribution >= 4 is 11.3 Å². The Bertz CT molecular complexity index is 554. The van der Waals surface area contributed by atoms with Crippen LogP contribution in [0.4, 0.5) is 13.2 Å². The lowest BCUT2D eigenvalue weighted by molar-refractivity contribution is -0.274. The number of nitrogens with one attached hydrogen (secondary N) is 1. The molecule has 0 aliphatic carbocycles. The summed E-state index contributed by atoms with van der Waals surface area (Å²) in [6.45, 7) is 2.34. The number of hydrogen-bond donors (Lipinski definition) is 1. The van der Waals surface area contributed by atoms with E-state index >= 15 is 0 Å². The zero-order valence-corrected chi connectivity index (χ0v) is 12.3. The van der Waals surface area contributed by atoms with Gasteiger partial charge < -0.3 is 10.1 Å². The minimum absolute atomic E-state index is 0.152. The van der Waals surface area contributed by atoms with E-state index < -0.39 is 6.36 Å². The van der Waals surface area contributed by atoms with Gasteiger partial charge in [-0.15, -0.1) is 24.5 Å². The Morgan fingerprint density at radius 3 is 2.62 bits per heavy atom. The van der Waals surface area contributed by atoms with Gasteiger partial charge in [0.1, 0.15) is 5.75 Å². The normalized spacial score (nSPS) is 13.1. The topological polar surface area (TPSA) is 21.3 Å². The second-order valence-corrected chi connectivity index (χ2v) is 5.75. The third kappa shape index (κ3) is 5.40. The van der Waals surface area contributed by atoms with Crippen molar-refractivity contribution in [2.24, 2.45) is 0 Å². The maximum Gasteiger partial charge on any atom is 0.573 e. The number of para-hydroxylation sites is 1. The summed E-state index contributed by atoms with van der Waals surface area (Å²) in [6.07, 6.45) is -3.82. The molecule has 0 aliphatic heterocycles. The van der Waals surface area contributed by atoms with E-state index in [4.69, 9.17) is 0 Å². The van der Waals surface area contributed by atoms with Crippen LogP contribution >= 0.6 is 11.3 Å². The first-order valence-corrected chi connectivity index (χ1v) is 7.41. The van der Waals surface area contributed by atoms with Gasteiger partial charge in [-0.05, 0) is 30.9 Å². The third-order valence-electron chi connectivity index (χ3n) is 2.93. The van der Waals surface area contributed by atoms with E-state index in [1.807, 2.05) is 24.4 Å². The average molecular weight is 315 g/mol.